The quantitative estimate of drug-likeness (QED) is 0.452. The van der Waals surface area contributed by atoms with Crippen LogP contribution in [0.4, 0.5) is 0 Å². The predicted molar refractivity (Wildman–Crippen MR) is 49.3 cm³/mol. The van der Waals surface area contributed by atoms with E-state index in [0.29, 0.717) is 19.2 Å². The molecule has 72 valence electrons. The van der Waals surface area contributed by atoms with Crippen molar-refractivity contribution in [2.45, 2.75) is 32.9 Å². The highest BCUT2D eigenvalue weighted by Gasteiger charge is 2.00. The number of nitrogens with zero attached hydrogens (tertiary/aromatic N) is 1. The molecular formula is C8H18N2O2. The van der Waals surface area contributed by atoms with Crippen LogP contribution in [0.15, 0.2) is 5.16 Å². The normalized spacial score (nSPS) is 14.1. The molecule has 0 radical (unpaired) electrons. The summed E-state index contributed by atoms with van der Waals surface area (Å²) in [6, 6.07) is 0.375. The number of hydrogen-bond donors (Lipinski definition) is 2. The maximum absolute atomic E-state index is 9.23. The Morgan fingerprint density at radius 1 is 1.58 bits per heavy atom. The summed E-state index contributed by atoms with van der Waals surface area (Å²) in [5, 5.41) is 15.9. The Morgan fingerprint density at radius 3 is 2.75 bits per heavy atom. The van der Waals surface area contributed by atoms with Gasteiger partial charge in [0, 0.05) is 12.6 Å². The van der Waals surface area contributed by atoms with Gasteiger partial charge in [-0.2, -0.15) is 0 Å². The maximum atomic E-state index is 9.23. The predicted octanol–water partition coefficient (Wildman–Crippen LogP) is 0.368. The van der Waals surface area contributed by atoms with Crippen molar-refractivity contribution in [2.75, 3.05) is 13.2 Å². The van der Waals surface area contributed by atoms with Gasteiger partial charge in [-0.3, -0.25) is 0 Å². The molecule has 0 aliphatic carbocycles. The van der Waals surface area contributed by atoms with Crippen molar-refractivity contribution >= 4 is 6.21 Å². The van der Waals surface area contributed by atoms with E-state index in [-0.39, 0.29) is 0 Å². The molecule has 0 fully saturated rings. The summed E-state index contributed by atoms with van der Waals surface area (Å²) in [4.78, 5) is 4.69. The molecule has 2 N–H and O–H groups in total. The van der Waals surface area contributed by atoms with Gasteiger partial charge in [0.15, 0.2) is 0 Å². The van der Waals surface area contributed by atoms with E-state index < -0.39 is 6.10 Å². The van der Waals surface area contributed by atoms with Crippen LogP contribution in [0, 0.1) is 0 Å². The second kappa shape index (κ2) is 7.06. The zero-order valence-corrected chi connectivity index (χ0v) is 7.95. The van der Waals surface area contributed by atoms with Crippen molar-refractivity contribution in [3.05, 3.63) is 0 Å². The van der Waals surface area contributed by atoms with E-state index in [0.717, 1.165) is 0 Å². The zero-order valence-electron chi connectivity index (χ0n) is 7.95. The molecule has 1 atom stereocenters. The fourth-order valence-corrected chi connectivity index (χ4v) is 0.597. The molecule has 0 aliphatic heterocycles. The molecule has 0 amide bonds. The van der Waals surface area contributed by atoms with Gasteiger partial charge in [0.2, 0.25) is 0 Å². The molecule has 0 aromatic carbocycles. The first-order valence-electron chi connectivity index (χ1n) is 4.23. The van der Waals surface area contributed by atoms with E-state index in [1.807, 2.05) is 20.8 Å². The Morgan fingerprint density at radius 2 is 2.25 bits per heavy atom. The summed E-state index contributed by atoms with van der Waals surface area (Å²) in [7, 11) is 0. The Hall–Kier alpha value is -0.610. The van der Waals surface area contributed by atoms with Crippen LogP contribution in [0.1, 0.15) is 20.8 Å². The highest BCUT2D eigenvalue weighted by molar-refractivity contribution is 5.62. The van der Waals surface area contributed by atoms with Gasteiger partial charge in [-0.25, -0.2) is 0 Å². The molecule has 0 saturated carbocycles. The van der Waals surface area contributed by atoms with Crippen molar-refractivity contribution in [2.24, 2.45) is 5.16 Å². The van der Waals surface area contributed by atoms with Crippen LogP contribution in [-0.4, -0.2) is 36.6 Å². The Balaban J connectivity index is 3.38. The average Bonchev–Trinajstić information content (AvgIpc) is 2.01. The summed E-state index contributed by atoms with van der Waals surface area (Å²) in [6.07, 6.45) is 0.817. The van der Waals surface area contributed by atoms with E-state index in [2.05, 4.69) is 10.5 Å². The van der Waals surface area contributed by atoms with Crippen molar-refractivity contribution in [1.29, 1.82) is 0 Å². The second-order valence-corrected chi connectivity index (χ2v) is 2.80. The van der Waals surface area contributed by atoms with Gasteiger partial charge < -0.3 is 15.3 Å². The Labute approximate surface area is 73.6 Å². The lowest BCUT2D eigenvalue weighted by molar-refractivity contribution is 0.153. The fourth-order valence-electron chi connectivity index (χ4n) is 0.597. The van der Waals surface area contributed by atoms with Gasteiger partial charge in [0.05, 0.1) is 6.21 Å². The number of hydrogen-bond acceptors (Lipinski definition) is 4. The number of aliphatic hydroxyl groups excluding tert-OH is 1. The number of rotatable bonds is 6. The number of aliphatic hydroxyl groups is 1. The van der Waals surface area contributed by atoms with Crippen LogP contribution in [0.5, 0.6) is 0 Å². The van der Waals surface area contributed by atoms with Crippen LogP contribution in [0.3, 0.4) is 0 Å². The minimum absolute atomic E-state index is 0.375. The van der Waals surface area contributed by atoms with Gasteiger partial charge in [-0.15, -0.1) is 0 Å². The lowest BCUT2D eigenvalue weighted by Crippen LogP contribution is -2.32. The first-order valence-corrected chi connectivity index (χ1v) is 4.23. The third kappa shape index (κ3) is 7.50. The minimum Gasteiger partial charge on any atom is -0.396 e. The Kier molecular flexibility index (Phi) is 6.70. The third-order valence-corrected chi connectivity index (χ3v) is 1.17. The van der Waals surface area contributed by atoms with E-state index in [4.69, 9.17) is 4.84 Å². The monoisotopic (exact) mass is 174 g/mol. The van der Waals surface area contributed by atoms with Gasteiger partial charge in [-0.1, -0.05) is 19.0 Å². The molecular weight excluding hydrogens is 156 g/mol. The summed E-state index contributed by atoms with van der Waals surface area (Å²) >= 11 is 0. The van der Waals surface area contributed by atoms with Crippen molar-refractivity contribution < 1.29 is 9.94 Å². The Bertz CT molecular complexity index is 126. The van der Waals surface area contributed by atoms with Crippen LogP contribution in [-0.2, 0) is 4.84 Å². The SMILES string of the molecule is CCO/N=C/C(O)CNC(C)C. The molecule has 1 unspecified atom stereocenters. The largest absolute Gasteiger partial charge is 0.396 e. The fraction of sp³-hybridized carbons (Fsp3) is 0.875. The molecule has 0 bridgehead atoms. The molecule has 0 aromatic heterocycles. The zero-order chi connectivity index (χ0) is 9.40. The summed E-state index contributed by atoms with van der Waals surface area (Å²) in [5.41, 5.74) is 0. The van der Waals surface area contributed by atoms with Crippen LogP contribution in [0.25, 0.3) is 0 Å². The van der Waals surface area contributed by atoms with Gasteiger partial charge in [0.1, 0.15) is 12.7 Å². The van der Waals surface area contributed by atoms with Gasteiger partial charge in [0.25, 0.3) is 0 Å². The van der Waals surface area contributed by atoms with E-state index in [1.165, 1.54) is 6.21 Å². The molecule has 0 heterocycles. The second-order valence-electron chi connectivity index (χ2n) is 2.80. The molecule has 0 spiro atoms. The first-order chi connectivity index (χ1) is 5.66. The lowest BCUT2D eigenvalue weighted by atomic mass is 10.3. The molecule has 0 rings (SSSR count). The third-order valence-electron chi connectivity index (χ3n) is 1.17. The minimum atomic E-state index is -0.570. The molecule has 4 heteroatoms. The van der Waals surface area contributed by atoms with Crippen molar-refractivity contribution in [1.82, 2.24) is 5.32 Å². The lowest BCUT2D eigenvalue weighted by Gasteiger charge is -2.09. The van der Waals surface area contributed by atoms with Crippen LogP contribution >= 0.6 is 0 Å². The smallest absolute Gasteiger partial charge is 0.114 e. The van der Waals surface area contributed by atoms with E-state index in [9.17, 15) is 5.11 Å². The molecule has 0 aromatic rings. The van der Waals surface area contributed by atoms with Crippen molar-refractivity contribution in [3.8, 4) is 0 Å². The summed E-state index contributed by atoms with van der Waals surface area (Å²) in [5.74, 6) is 0. The van der Waals surface area contributed by atoms with Crippen LogP contribution in [0.2, 0.25) is 0 Å². The molecule has 0 saturated heterocycles. The van der Waals surface area contributed by atoms with Crippen LogP contribution < -0.4 is 5.32 Å². The number of oxime groups is 1. The maximum Gasteiger partial charge on any atom is 0.114 e. The van der Waals surface area contributed by atoms with Crippen molar-refractivity contribution in [3.63, 3.8) is 0 Å². The van der Waals surface area contributed by atoms with E-state index in [1.54, 1.807) is 0 Å². The molecule has 12 heavy (non-hydrogen) atoms. The van der Waals surface area contributed by atoms with E-state index >= 15 is 0 Å². The first kappa shape index (κ1) is 11.4. The van der Waals surface area contributed by atoms with Gasteiger partial charge >= 0.3 is 0 Å². The van der Waals surface area contributed by atoms with Gasteiger partial charge in [-0.05, 0) is 6.92 Å². The molecule has 4 nitrogen and oxygen atoms in total. The number of nitrogens with one attached hydrogen (secondary N) is 1. The topological polar surface area (TPSA) is 53.9 Å². The standard InChI is InChI=1S/C8H18N2O2/c1-4-12-10-6-8(11)5-9-7(2)3/h6-9,11H,4-5H2,1-3H3/b10-6+. The summed E-state index contributed by atoms with van der Waals surface area (Å²) < 4.78 is 0. The summed E-state index contributed by atoms with van der Waals surface area (Å²) in [6.45, 7) is 6.92. The average molecular weight is 174 g/mol. The highest BCUT2D eigenvalue weighted by atomic mass is 16.6. The molecule has 0 aliphatic rings. The highest BCUT2D eigenvalue weighted by Crippen LogP contribution is 1.81.